The van der Waals surface area contributed by atoms with Crippen LogP contribution in [0.1, 0.15) is 26.2 Å². The summed E-state index contributed by atoms with van der Waals surface area (Å²) in [6.45, 7) is 5.40. The van der Waals surface area contributed by atoms with Crippen molar-refractivity contribution in [2.75, 3.05) is 44.7 Å². The second-order valence-electron chi connectivity index (χ2n) is 7.90. The number of piperazine rings is 1. The van der Waals surface area contributed by atoms with Gasteiger partial charge in [0.25, 0.3) is 0 Å². The third kappa shape index (κ3) is 3.27. The van der Waals surface area contributed by atoms with Crippen molar-refractivity contribution < 1.29 is 14.3 Å². The van der Waals surface area contributed by atoms with Gasteiger partial charge in [-0.25, -0.2) is 4.79 Å². The molecular weight excluding hydrogens is 356 g/mol. The number of fused-ring (bicyclic) bond motifs is 2. The number of carbonyl (C=O) groups is 2. The van der Waals surface area contributed by atoms with Crippen LogP contribution in [0.4, 0.5) is 10.5 Å². The zero-order chi connectivity index (χ0) is 19.7. The van der Waals surface area contributed by atoms with E-state index in [0.717, 1.165) is 43.8 Å². The van der Waals surface area contributed by atoms with Gasteiger partial charge in [0.1, 0.15) is 11.8 Å². The van der Waals surface area contributed by atoms with Gasteiger partial charge in [-0.05, 0) is 44.2 Å². The van der Waals surface area contributed by atoms with Crippen molar-refractivity contribution in [2.24, 2.45) is 5.92 Å². The van der Waals surface area contributed by atoms with Crippen LogP contribution >= 0.6 is 0 Å². The molecule has 28 heavy (non-hydrogen) atoms. The maximum atomic E-state index is 13.3. The summed E-state index contributed by atoms with van der Waals surface area (Å²) in [4.78, 5) is 32.0. The summed E-state index contributed by atoms with van der Waals surface area (Å²) >= 11 is 0. The molecule has 4 rings (SSSR count). The summed E-state index contributed by atoms with van der Waals surface area (Å²) in [5, 5.41) is 2.90. The van der Waals surface area contributed by atoms with Crippen LogP contribution in [0.5, 0.6) is 5.75 Å². The fraction of sp³-hybridized carbons (Fsp3) is 0.619. The van der Waals surface area contributed by atoms with E-state index in [2.05, 4.69) is 16.3 Å². The van der Waals surface area contributed by atoms with E-state index < -0.39 is 0 Å². The fourth-order valence-electron chi connectivity index (χ4n) is 5.09. The average Bonchev–Trinajstić information content (AvgIpc) is 3.35. The summed E-state index contributed by atoms with van der Waals surface area (Å²) in [5.74, 6) is 1.29. The molecule has 0 aromatic heterocycles. The molecule has 2 heterocycles. The van der Waals surface area contributed by atoms with Gasteiger partial charge in [0, 0.05) is 38.8 Å². The second-order valence-corrected chi connectivity index (χ2v) is 7.90. The molecule has 7 heteroatoms. The quantitative estimate of drug-likeness (QED) is 0.859. The number of amides is 3. The van der Waals surface area contributed by atoms with E-state index in [1.54, 1.807) is 7.11 Å². The third-order valence-electron chi connectivity index (χ3n) is 6.42. The van der Waals surface area contributed by atoms with E-state index in [-0.39, 0.29) is 24.0 Å². The summed E-state index contributed by atoms with van der Waals surface area (Å²) < 4.78 is 5.48. The number of carbonyl (C=O) groups excluding carboxylic acids is 2. The van der Waals surface area contributed by atoms with Crippen molar-refractivity contribution in [3.05, 3.63) is 24.3 Å². The molecule has 2 saturated heterocycles. The minimum atomic E-state index is -0.289. The first-order valence-electron chi connectivity index (χ1n) is 10.4. The number of rotatable bonds is 4. The number of hydrogen-bond acceptors (Lipinski definition) is 4. The maximum Gasteiger partial charge on any atom is 0.318 e. The molecule has 1 aromatic rings. The number of para-hydroxylation sites is 2. The molecule has 7 nitrogen and oxygen atoms in total. The predicted octanol–water partition coefficient (Wildman–Crippen LogP) is 1.93. The van der Waals surface area contributed by atoms with Gasteiger partial charge in [0.15, 0.2) is 0 Å². The molecule has 0 spiro atoms. The van der Waals surface area contributed by atoms with E-state index in [1.165, 1.54) is 0 Å². The Morgan fingerprint density at radius 2 is 1.89 bits per heavy atom. The highest BCUT2D eigenvalue weighted by Gasteiger charge is 2.52. The number of nitrogens with zero attached hydrogens (tertiary/aromatic N) is 3. The van der Waals surface area contributed by atoms with Crippen LogP contribution in [-0.2, 0) is 4.79 Å². The van der Waals surface area contributed by atoms with Crippen molar-refractivity contribution in [1.29, 1.82) is 0 Å². The Labute approximate surface area is 166 Å². The lowest BCUT2D eigenvalue weighted by Gasteiger charge is -2.41. The number of anilines is 1. The number of ether oxygens (including phenoxy) is 1. The smallest absolute Gasteiger partial charge is 0.318 e. The molecule has 2 aliphatic heterocycles. The van der Waals surface area contributed by atoms with Gasteiger partial charge >= 0.3 is 6.03 Å². The van der Waals surface area contributed by atoms with Crippen LogP contribution in [0.2, 0.25) is 0 Å². The van der Waals surface area contributed by atoms with Crippen molar-refractivity contribution in [3.63, 3.8) is 0 Å². The van der Waals surface area contributed by atoms with E-state index >= 15 is 0 Å². The minimum absolute atomic E-state index is 0.0827. The SMILES string of the molecule is CCNC(=O)N1C2CCC(C2)C1C(=O)N1CCN(c2ccccc2OC)CC1. The van der Waals surface area contributed by atoms with E-state index in [4.69, 9.17) is 4.74 Å². The Morgan fingerprint density at radius 3 is 2.61 bits per heavy atom. The van der Waals surface area contributed by atoms with Crippen LogP contribution in [-0.4, -0.2) is 73.7 Å². The first kappa shape index (κ1) is 18.9. The highest BCUT2D eigenvalue weighted by atomic mass is 16.5. The van der Waals surface area contributed by atoms with Crippen molar-refractivity contribution >= 4 is 17.6 Å². The first-order chi connectivity index (χ1) is 13.6. The lowest BCUT2D eigenvalue weighted by molar-refractivity contribution is -0.137. The lowest BCUT2D eigenvalue weighted by Crippen LogP contribution is -2.59. The maximum absolute atomic E-state index is 13.3. The first-order valence-corrected chi connectivity index (χ1v) is 10.4. The second kappa shape index (κ2) is 7.89. The Bertz CT molecular complexity index is 732. The highest BCUT2D eigenvalue weighted by molar-refractivity contribution is 5.89. The number of piperidine rings is 1. The van der Waals surface area contributed by atoms with Crippen LogP contribution in [0.15, 0.2) is 24.3 Å². The Hall–Kier alpha value is -2.44. The number of hydrogen-bond donors (Lipinski definition) is 1. The molecule has 2 bridgehead atoms. The molecule has 3 atom stereocenters. The molecule has 152 valence electrons. The van der Waals surface area contributed by atoms with E-state index in [9.17, 15) is 9.59 Å². The summed E-state index contributed by atoms with van der Waals surface area (Å²) in [5.41, 5.74) is 1.07. The molecule has 1 aliphatic carbocycles. The number of methoxy groups -OCH3 is 1. The topological polar surface area (TPSA) is 65.1 Å². The van der Waals surface area contributed by atoms with Crippen molar-refractivity contribution in [2.45, 2.75) is 38.3 Å². The van der Waals surface area contributed by atoms with Gasteiger partial charge in [-0.3, -0.25) is 4.79 Å². The third-order valence-corrected chi connectivity index (χ3v) is 6.42. The molecule has 1 aromatic carbocycles. The summed E-state index contributed by atoms with van der Waals surface area (Å²) in [7, 11) is 1.68. The summed E-state index contributed by atoms with van der Waals surface area (Å²) in [6, 6.07) is 7.85. The molecule has 0 radical (unpaired) electrons. The largest absolute Gasteiger partial charge is 0.495 e. The Morgan fingerprint density at radius 1 is 1.14 bits per heavy atom. The monoisotopic (exact) mass is 386 g/mol. The molecular formula is C21H30N4O3. The number of benzene rings is 1. The van der Waals surface area contributed by atoms with Gasteiger partial charge in [-0.2, -0.15) is 0 Å². The normalized spacial score (nSPS) is 26.5. The van der Waals surface area contributed by atoms with Crippen LogP contribution in [0.3, 0.4) is 0 Å². The number of likely N-dealkylation sites (tertiary alicyclic amines) is 1. The van der Waals surface area contributed by atoms with Crippen LogP contribution in [0.25, 0.3) is 0 Å². The Balaban J connectivity index is 1.43. The van der Waals surface area contributed by atoms with Gasteiger partial charge in [0.2, 0.25) is 5.91 Å². The standard InChI is InChI=1S/C21H30N4O3/c1-3-22-21(27)25-16-9-8-15(14-16)19(25)20(26)24-12-10-23(11-13-24)17-6-4-5-7-18(17)28-2/h4-7,15-16,19H,3,8-14H2,1-2H3,(H,22,27). The number of nitrogens with one attached hydrogen (secondary N) is 1. The van der Waals surface area contributed by atoms with Gasteiger partial charge in [-0.1, -0.05) is 12.1 Å². The van der Waals surface area contributed by atoms with Crippen molar-refractivity contribution in [1.82, 2.24) is 15.1 Å². The van der Waals surface area contributed by atoms with E-state index in [0.29, 0.717) is 25.6 Å². The molecule has 3 amide bonds. The molecule has 3 fully saturated rings. The van der Waals surface area contributed by atoms with Crippen LogP contribution in [0, 0.1) is 5.92 Å². The molecule has 1 saturated carbocycles. The number of urea groups is 1. The molecule has 3 aliphatic rings. The van der Waals surface area contributed by atoms with Gasteiger partial charge in [0.05, 0.1) is 12.8 Å². The predicted molar refractivity (Wildman–Crippen MR) is 108 cm³/mol. The van der Waals surface area contributed by atoms with Gasteiger partial charge in [-0.15, -0.1) is 0 Å². The zero-order valence-electron chi connectivity index (χ0n) is 16.8. The minimum Gasteiger partial charge on any atom is -0.495 e. The van der Waals surface area contributed by atoms with Crippen LogP contribution < -0.4 is 15.0 Å². The van der Waals surface area contributed by atoms with E-state index in [1.807, 2.05) is 34.9 Å². The molecule has 3 unspecified atom stereocenters. The summed E-state index contributed by atoms with van der Waals surface area (Å²) in [6.07, 6.45) is 3.04. The van der Waals surface area contributed by atoms with Gasteiger partial charge < -0.3 is 24.8 Å². The highest BCUT2D eigenvalue weighted by Crippen LogP contribution is 2.43. The van der Waals surface area contributed by atoms with Crippen molar-refractivity contribution in [3.8, 4) is 5.75 Å². The average molecular weight is 386 g/mol. The Kier molecular flexibility index (Phi) is 5.33. The zero-order valence-corrected chi connectivity index (χ0v) is 16.8. The fourth-order valence-corrected chi connectivity index (χ4v) is 5.09. The molecule has 1 N–H and O–H groups in total. The lowest BCUT2D eigenvalue weighted by atomic mass is 9.97.